The van der Waals surface area contributed by atoms with Crippen molar-refractivity contribution in [3.8, 4) is 11.6 Å². The van der Waals surface area contributed by atoms with E-state index in [0.29, 0.717) is 16.5 Å². The number of hydrogen-bond donors (Lipinski definition) is 1. The standard InChI is InChI=1S/C20H17N3O2S2/c1-11-16-12(2)21-18(15-8-5-9-25-15)23-20(16)27-17(11)19(24)22-13-6-4-7-14(10-13)26-3/h4-10H,1-3H3,(H,22,24). The summed E-state index contributed by atoms with van der Waals surface area (Å²) in [5, 5.41) is 3.92. The molecule has 0 spiro atoms. The van der Waals surface area contributed by atoms with Gasteiger partial charge in [-0.1, -0.05) is 6.07 Å². The molecule has 0 fully saturated rings. The van der Waals surface area contributed by atoms with E-state index in [1.54, 1.807) is 24.1 Å². The van der Waals surface area contributed by atoms with Crippen LogP contribution in [-0.2, 0) is 0 Å². The number of carbonyl (C=O) groups excluding carboxylic acids is 1. The number of thiophene rings is 1. The van der Waals surface area contributed by atoms with Crippen molar-refractivity contribution in [3.05, 3.63) is 58.8 Å². The largest absolute Gasteiger partial charge is 0.461 e. The third kappa shape index (κ3) is 3.36. The number of aryl methyl sites for hydroxylation is 2. The molecule has 1 aromatic carbocycles. The predicted molar refractivity (Wildman–Crippen MR) is 111 cm³/mol. The molecule has 0 saturated carbocycles. The van der Waals surface area contributed by atoms with Crippen molar-refractivity contribution in [2.45, 2.75) is 18.7 Å². The van der Waals surface area contributed by atoms with Crippen molar-refractivity contribution >= 4 is 44.9 Å². The molecule has 1 N–H and O–H groups in total. The summed E-state index contributed by atoms with van der Waals surface area (Å²) < 4.78 is 5.41. The monoisotopic (exact) mass is 395 g/mol. The fourth-order valence-electron chi connectivity index (χ4n) is 2.96. The summed E-state index contributed by atoms with van der Waals surface area (Å²) in [6.45, 7) is 3.87. The Kier molecular flexibility index (Phi) is 4.72. The first-order valence-corrected chi connectivity index (χ1v) is 10.4. The number of thioether (sulfide) groups is 1. The minimum atomic E-state index is -0.132. The average molecular weight is 396 g/mol. The van der Waals surface area contributed by atoms with Gasteiger partial charge in [0.15, 0.2) is 11.6 Å². The molecule has 3 heterocycles. The lowest BCUT2D eigenvalue weighted by molar-refractivity contribution is 0.103. The molecular weight excluding hydrogens is 378 g/mol. The maximum atomic E-state index is 12.9. The first-order chi connectivity index (χ1) is 13.1. The van der Waals surface area contributed by atoms with Gasteiger partial charge in [-0.25, -0.2) is 9.97 Å². The van der Waals surface area contributed by atoms with E-state index in [4.69, 9.17) is 4.42 Å². The Bertz CT molecular complexity index is 1130. The van der Waals surface area contributed by atoms with E-state index < -0.39 is 0 Å². The van der Waals surface area contributed by atoms with Crippen LogP contribution in [0.3, 0.4) is 0 Å². The second-order valence-electron chi connectivity index (χ2n) is 6.03. The average Bonchev–Trinajstić information content (AvgIpc) is 3.30. The van der Waals surface area contributed by atoms with Crippen LogP contribution in [0.4, 0.5) is 5.69 Å². The van der Waals surface area contributed by atoms with Crippen LogP contribution >= 0.6 is 23.1 Å². The van der Waals surface area contributed by atoms with Gasteiger partial charge in [-0.05, 0) is 56.0 Å². The van der Waals surface area contributed by atoms with Crippen molar-refractivity contribution in [3.63, 3.8) is 0 Å². The number of rotatable bonds is 4. The molecule has 0 atom stereocenters. The van der Waals surface area contributed by atoms with E-state index in [-0.39, 0.29) is 5.91 Å². The predicted octanol–water partition coefficient (Wildman–Crippen LogP) is 5.54. The second-order valence-corrected chi connectivity index (χ2v) is 7.91. The maximum Gasteiger partial charge on any atom is 0.266 e. The topological polar surface area (TPSA) is 68.0 Å². The molecule has 5 nitrogen and oxygen atoms in total. The number of anilines is 1. The van der Waals surface area contributed by atoms with Gasteiger partial charge in [0.05, 0.1) is 16.8 Å². The van der Waals surface area contributed by atoms with Gasteiger partial charge >= 0.3 is 0 Å². The molecule has 0 saturated heterocycles. The Morgan fingerprint density at radius 2 is 2.04 bits per heavy atom. The number of fused-ring (bicyclic) bond motifs is 1. The highest BCUT2D eigenvalue weighted by Crippen LogP contribution is 2.33. The molecule has 7 heteroatoms. The van der Waals surface area contributed by atoms with E-state index in [1.165, 1.54) is 11.3 Å². The normalized spacial score (nSPS) is 11.1. The number of nitrogens with one attached hydrogen (secondary N) is 1. The summed E-state index contributed by atoms with van der Waals surface area (Å²) in [6.07, 6.45) is 3.61. The molecule has 27 heavy (non-hydrogen) atoms. The van der Waals surface area contributed by atoms with Crippen LogP contribution in [0.5, 0.6) is 0 Å². The first-order valence-electron chi connectivity index (χ1n) is 8.34. The Morgan fingerprint density at radius 1 is 1.19 bits per heavy atom. The van der Waals surface area contributed by atoms with Crippen molar-refractivity contribution in [1.29, 1.82) is 0 Å². The molecule has 0 aliphatic rings. The van der Waals surface area contributed by atoms with E-state index >= 15 is 0 Å². The number of hydrogen-bond acceptors (Lipinski definition) is 6. The van der Waals surface area contributed by atoms with E-state index in [1.807, 2.05) is 50.4 Å². The Balaban J connectivity index is 1.72. The molecule has 0 radical (unpaired) electrons. The number of furan rings is 1. The van der Waals surface area contributed by atoms with Crippen LogP contribution in [0, 0.1) is 13.8 Å². The van der Waals surface area contributed by atoms with E-state index in [0.717, 1.165) is 32.1 Å². The number of amides is 1. The molecule has 0 aliphatic carbocycles. The van der Waals surface area contributed by atoms with E-state index in [9.17, 15) is 4.79 Å². The molecule has 0 aliphatic heterocycles. The molecule has 3 aromatic heterocycles. The van der Waals surface area contributed by atoms with Gasteiger partial charge in [-0.2, -0.15) is 0 Å². The Morgan fingerprint density at radius 3 is 2.78 bits per heavy atom. The summed E-state index contributed by atoms with van der Waals surface area (Å²) in [4.78, 5) is 24.5. The summed E-state index contributed by atoms with van der Waals surface area (Å²) in [5.41, 5.74) is 2.52. The number of aromatic nitrogens is 2. The van der Waals surface area contributed by atoms with Gasteiger partial charge in [-0.3, -0.25) is 4.79 Å². The molecule has 0 bridgehead atoms. The lowest BCUT2D eigenvalue weighted by Gasteiger charge is -2.06. The second kappa shape index (κ2) is 7.17. The minimum absolute atomic E-state index is 0.132. The molecule has 1 amide bonds. The van der Waals surface area contributed by atoms with Crippen LogP contribution in [0.15, 0.2) is 52.0 Å². The molecule has 4 aromatic rings. The third-order valence-corrected chi connectivity index (χ3v) is 6.16. The maximum absolute atomic E-state index is 12.9. The zero-order valence-electron chi connectivity index (χ0n) is 15.1. The third-order valence-electron chi connectivity index (χ3n) is 4.25. The summed E-state index contributed by atoms with van der Waals surface area (Å²) >= 11 is 3.02. The van der Waals surface area contributed by atoms with Crippen LogP contribution in [-0.4, -0.2) is 22.1 Å². The van der Waals surface area contributed by atoms with Gasteiger partial charge in [0.25, 0.3) is 5.91 Å². The smallest absolute Gasteiger partial charge is 0.266 e. The van der Waals surface area contributed by atoms with Gasteiger partial charge in [0.1, 0.15) is 4.83 Å². The molecule has 136 valence electrons. The quantitative estimate of drug-likeness (QED) is 0.459. The van der Waals surface area contributed by atoms with Crippen LogP contribution < -0.4 is 5.32 Å². The lowest BCUT2D eigenvalue weighted by atomic mass is 10.1. The number of nitrogens with zero attached hydrogens (tertiary/aromatic N) is 2. The highest BCUT2D eigenvalue weighted by Gasteiger charge is 2.20. The highest BCUT2D eigenvalue weighted by molar-refractivity contribution is 7.98. The Hall–Kier alpha value is -2.64. The highest BCUT2D eigenvalue weighted by atomic mass is 32.2. The van der Waals surface area contributed by atoms with Crippen LogP contribution in [0.2, 0.25) is 0 Å². The molecule has 4 rings (SSSR count). The zero-order valence-corrected chi connectivity index (χ0v) is 16.7. The van der Waals surface area contributed by atoms with Crippen molar-refractivity contribution in [2.75, 3.05) is 11.6 Å². The Labute approximate surface area is 164 Å². The van der Waals surface area contributed by atoms with Gasteiger partial charge in [0.2, 0.25) is 0 Å². The zero-order chi connectivity index (χ0) is 19.0. The number of benzene rings is 1. The van der Waals surface area contributed by atoms with Crippen molar-refractivity contribution in [1.82, 2.24) is 9.97 Å². The van der Waals surface area contributed by atoms with Gasteiger partial charge in [0, 0.05) is 16.0 Å². The summed E-state index contributed by atoms with van der Waals surface area (Å²) in [7, 11) is 0. The first kappa shape index (κ1) is 17.8. The molecular formula is C20H17N3O2S2. The van der Waals surface area contributed by atoms with E-state index in [2.05, 4.69) is 15.3 Å². The van der Waals surface area contributed by atoms with Crippen LogP contribution in [0.1, 0.15) is 20.9 Å². The van der Waals surface area contributed by atoms with Gasteiger partial charge < -0.3 is 9.73 Å². The molecule has 0 unspecified atom stereocenters. The summed E-state index contributed by atoms with van der Waals surface area (Å²) in [6, 6.07) is 11.4. The summed E-state index contributed by atoms with van der Waals surface area (Å²) in [5.74, 6) is 1.02. The van der Waals surface area contributed by atoms with Gasteiger partial charge in [-0.15, -0.1) is 23.1 Å². The SMILES string of the molecule is CSc1cccc(NC(=O)c2sc3nc(-c4ccco4)nc(C)c3c2C)c1. The lowest BCUT2D eigenvalue weighted by Crippen LogP contribution is -2.11. The minimum Gasteiger partial charge on any atom is -0.461 e. The number of carbonyl (C=O) groups is 1. The van der Waals surface area contributed by atoms with Crippen molar-refractivity contribution < 1.29 is 9.21 Å². The van der Waals surface area contributed by atoms with Crippen molar-refractivity contribution in [2.24, 2.45) is 0 Å². The van der Waals surface area contributed by atoms with Crippen LogP contribution in [0.25, 0.3) is 21.8 Å². The fraction of sp³-hybridized carbons (Fsp3) is 0.150. The fourth-order valence-corrected chi connectivity index (χ4v) is 4.55.